The van der Waals surface area contributed by atoms with Crippen molar-refractivity contribution >= 4 is 5.97 Å². The van der Waals surface area contributed by atoms with Crippen LogP contribution in [0.5, 0.6) is 0 Å². The number of hydrogen-bond acceptors (Lipinski definition) is 1. The molecular formula is C15H18O2. The molecule has 0 aromatic heterocycles. The number of rotatable bonds is 2. The number of benzene rings is 1. The van der Waals surface area contributed by atoms with Crippen molar-refractivity contribution in [2.75, 3.05) is 0 Å². The van der Waals surface area contributed by atoms with Crippen LogP contribution >= 0.6 is 0 Å². The summed E-state index contributed by atoms with van der Waals surface area (Å²) >= 11 is 0. The molecule has 3 saturated carbocycles. The van der Waals surface area contributed by atoms with Gasteiger partial charge >= 0.3 is 5.97 Å². The molecule has 0 amide bonds. The molecule has 2 heteroatoms. The van der Waals surface area contributed by atoms with E-state index in [1.807, 2.05) is 0 Å². The highest BCUT2D eigenvalue weighted by Gasteiger charge is 2.72. The van der Waals surface area contributed by atoms with Crippen LogP contribution in [-0.2, 0) is 10.2 Å². The van der Waals surface area contributed by atoms with E-state index in [9.17, 15) is 4.79 Å². The van der Waals surface area contributed by atoms with Crippen molar-refractivity contribution < 1.29 is 9.90 Å². The van der Waals surface area contributed by atoms with Gasteiger partial charge in [0.05, 0.1) is 5.41 Å². The van der Waals surface area contributed by atoms with E-state index in [1.165, 1.54) is 22.3 Å². The van der Waals surface area contributed by atoms with Gasteiger partial charge in [-0.3, -0.25) is 4.79 Å². The molecule has 0 spiro atoms. The van der Waals surface area contributed by atoms with Crippen LogP contribution in [0.2, 0.25) is 0 Å². The fraction of sp³-hybridized carbons (Fsp3) is 0.533. The Hall–Kier alpha value is -1.31. The molecule has 0 radical (unpaired) electrons. The number of aryl methyl sites for hydroxylation is 3. The minimum absolute atomic E-state index is 0.195. The Morgan fingerprint density at radius 3 is 2.12 bits per heavy atom. The molecule has 2 nitrogen and oxygen atoms in total. The van der Waals surface area contributed by atoms with Crippen LogP contribution in [0, 0.1) is 26.2 Å². The van der Waals surface area contributed by atoms with Crippen LogP contribution in [0.4, 0.5) is 0 Å². The van der Waals surface area contributed by atoms with E-state index < -0.39 is 5.97 Å². The first-order chi connectivity index (χ1) is 7.89. The van der Waals surface area contributed by atoms with Gasteiger partial charge in [-0.15, -0.1) is 0 Å². The van der Waals surface area contributed by atoms with Gasteiger partial charge in [0.2, 0.25) is 0 Å². The van der Waals surface area contributed by atoms with Crippen molar-refractivity contribution in [1.29, 1.82) is 0 Å². The molecular weight excluding hydrogens is 212 g/mol. The average Bonchev–Trinajstić information content (AvgIpc) is 2.08. The Bertz CT molecular complexity index is 508. The number of carboxylic acid groups (broad SMARTS) is 1. The molecule has 3 fully saturated rings. The highest BCUT2D eigenvalue weighted by molar-refractivity contribution is 5.81. The molecule has 0 unspecified atom stereocenters. The highest BCUT2D eigenvalue weighted by atomic mass is 16.4. The van der Waals surface area contributed by atoms with Gasteiger partial charge < -0.3 is 5.11 Å². The van der Waals surface area contributed by atoms with Crippen LogP contribution in [0.25, 0.3) is 0 Å². The number of hydrogen-bond donors (Lipinski definition) is 1. The Labute approximate surface area is 102 Å². The lowest BCUT2D eigenvalue weighted by atomic mass is 9.33. The van der Waals surface area contributed by atoms with Gasteiger partial charge in [0.1, 0.15) is 0 Å². The second-order valence-corrected chi connectivity index (χ2v) is 6.15. The predicted molar refractivity (Wildman–Crippen MR) is 66.3 cm³/mol. The summed E-state index contributed by atoms with van der Waals surface area (Å²) < 4.78 is 0. The van der Waals surface area contributed by atoms with Crippen molar-refractivity contribution in [3.63, 3.8) is 0 Å². The summed E-state index contributed by atoms with van der Waals surface area (Å²) in [5.41, 5.74) is 5.19. The summed E-state index contributed by atoms with van der Waals surface area (Å²) in [5.74, 6) is -0.596. The van der Waals surface area contributed by atoms with E-state index in [-0.39, 0.29) is 10.8 Å². The van der Waals surface area contributed by atoms with Gasteiger partial charge in [-0.25, -0.2) is 0 Å². The molecule has 17 heavy (non-hydrogen) atoms. The van der Waals surface area contributed by atoms with Gasteiger partial charge in [-0.2, -0.15) is 0 Å². The Balaban J connectivity index is 1.94. The Morgan fingerprint density at radius 2 is 1.59 bits per heavy atom. The molecule has 0 saturated heterocycles. The molecule has 90 valence electrons. The second kappa shape index (κ2) is 2.92. The first-order valence-corrected chi connectivity index (χ1v) is 6.20. The lowest BCUT2D eigenvalue weighted by molar-refractivity contribution is -0.194. The van der Waals surface area contributed by atoms with Gasteiger partial charge in [0.15, 0.2) is 0 Å². The first-order valence-electron chi connectivity index (χ1n) is 6.20. The monoisotopic (exact) mass is 230 g/mol. The summed E-state index contributed by atoms with van der Waals surface area (Å²) in [5, 5.41) is 9.16. The number of aliphatic carboxylic acids is 1. The number of carbonyl (C=O) groups is 1. The third kappa shape index (κ3) is 1.18. The fourth-order valence-electron chi connectivity index (χ4n) is 3.83. The molecule has 0 aliphatic heterocycles. The summed E-state index contributed by atoms with van der Waals surface area (Å²) in [6.07, 6.45) is 2.54. The average molecular weight is 230 g/mol. The molecule has 1 N–H and O–H groups in total. The molecule has 1 aromatic carbocycles. The third-order valence-corrected chi connectivity index (χ3v) is 4.90. The smallest absolute Gasteiger partial charge is 0.309 e. The van der Waals surface area contributed by atoms with Gasteiger partial charge in [0, 0.05) is 0 Å². The minimum atomic E-state index is -0.596. The summed E-state index contributed by atoms with van der Waals surface area (Å²) in [7, 11) is 0. The molecule has 0 atom stereocenters. The van der Waals surface area contributed by atoms with Crippen LogP contribution in [-0.4, -0.2) is 11.1 Å². The Morgan fingerprint density at radius 1 is 1.06 bits per heavy atom. The molecule has 3 aliphatic rings. The van der Waals surface area contributed by atoms with E-state index >= 15 is 0 Å². The van der Waals surface area contributed by atoms with Crippen LogP contribution < -0.4 is 0 Å². The van der Waals surface area contributed by atoms with Crippen molar-refractivity contribution in [3.8, 4) is 0 Å². The van der Waals surface area contributed by atoms with Crippen molar-refractivity contribution in [2.45, 2.75) is 45.4 Å². The van der Waals surface area contributed by atoms with E-state index in [4.69, 9.17) is 5.11 Å². The highest BCUT2D eigenvalue weighted by Crippen LogP contribution is 2.74. The SMILES string of the molecule is Cc1cc(C)c(C23CC(C(=O)O)(C2)C3)cc1C. The molecule has 0 heterocycles. The van der Waals surface area contributed by atoms with Crippen LogP contribution in [0.15, 0.2) is 12.1 Å². The van der Waals surface area contributed by atoms with Gasteiger partial charge in [-0.05, 0) is 67.7 Å². The zero-order valence-electron chi connectivity index (χ0n) is 10.6. The maximum absolute atomic E-state index is 11.1. The molecule has 1 aromatic rings. The van der Waals surface area contributed by atoms with Crippen molar-refractivity contribution in [2.24, 2.45) is 5.41 Å². The third-order valence-electron chi connectivity index (χ3n) is 4.90. The first kappa shape index (κ1) is 10.8. The standard InChI is InChI=1S/C15H18O2/c1-9-4-11(3)12(5-10(9)2)14-6-15(7-14,8-14)13(16)17/h4-5H,6-8H2,1-3H3,(H,16,17). The zero-order chi connectivity index (χ0) is 12.4. The predicted octanol–water partition coefficient (Wildman–Crippen LogP) is 3.12. The summed E-state index contributed by atoms with van der Waals surface area (Å²) in [4.78, 5) is 11.1. The van der Waals surface area contributed by atoms with Crippen LogP contribution in [0.1, 0.15) is 41.5 Å². The van der Waals surface area contributed by atoms with Crippen molar-refractivity contribution in [3.05, 3.63) is 34.4 Å². The zero-order valence-corrected chi connectivity index (χ0v) is 10.6. The summed E-state index contributed by atoms with van der Waals surface area (Å²) in [6.45, 7) is 6.42. The second-order valence-electron chi connectivity index (χ2n) is 6.15. The van der Waals surface area contributed by atoms with Crippen molar-refractivity contribution in [1.82, 2.24) is 0 Å². The minimum Gasteiger partial charge on any atom is -0.481 e. The topological polar surface area (TPSA) is 37.3 Å². The largest absolute Gasteiger partial charge is 0.481 e. The van der Waals surface area contributed by atoms with Crippen LogP contribution in [0.3, 0.4) is 0 Å². The Kier molecular flexibility index (Phi) is 1.86. The van der Waals surface area contributed by atoms with Gasteiger partial charge in [0.25, 0.3) is 0 Å². The van der Waals surface area contributed by atoms with E-state index in [1.54, 1.807) is 0 Å². The summed E-state index contributed by atoms with van der Waals surface area (Å²) in [6, 6.07) is 4.51. The fourth-order valence-corrected chi connectivity index (χ4v) is 3.83. The maximum atomic E-state index is 11.1. The number of carboxylic acids is 1. The van der Waals surface area contributed by atoms with E-state index in [2.05, 4.69) is 32.9 Å². The lowest BCUT2D eigenvalue weighted by Gasteiger charge is -2.68. The quantitative estimate of drug-likeness (QED) is 0.847. The molecule has 4 rings (SSSR count). The van der Waals surface area contributed by atoms with E-state index in [0.717, 1.165) is 19.3 Å². The maximum Gasteiger partial charge on any atom is 0.309 e. The van der Waals surface area contributed by atoms with Gasteiger partial charge in [-0.1, -0.05) is 12.1 Å². The molecule has 3 aliphatic carbocycles. The van der Waals surface area contributed by atoms with E-state index in [0.29, 0.717) is 0 Å². The lowest BCUT2D eigenvalue weighted by Crippen LogP contribution is -2.68. The normalized spacial score (nSPS) is 33.8. The molecule has 2 bridgehead atoms.